The first-order valence-electron chi connectivity index (χ1n) is 10.9. The number of morpholine rings is 1. The first-order chi connectivity index (χ1) is 15.2. The number of nitrogens with one attached hydrogen (secondary N) is 1. The predicted molar refractivity (Wildman–Crippen MR) is 118 cm³/mol. The lowest BCUT2D eigenvalue weighted by Crippen LogP contribution is -2.40. The second-order valence-electron chi connectivity index (χ2n) is 7.67. The van der Waals surface area contributed by atoms with E-state index in [9.17, 15) is 9.59 Å². The van der Waals surface area contributed by atoms with E-state index < -0.39 is 0 Å². The van der Waals surface area contributed by atoms with Crippen LogP contribution in [0.5, 0.6) is 0 Å². The van der Waals surface area contributed by atoms with E-state index in [4.69, 9.17) is 9.47 Å². The molecule has 2 aromatic carbocycles. The largest absolute Gasteiger partial charge is 0.382 e. The summed E-state index contributed by atoms with van der Waals surface area (Å²) in [6.45, 7) is 6.20. The number of fused-ring (bicyclic) bond motifs is 1. The number of benzene rings is 2. The molecule has 7 heteroatoms. The number of anilines is 1. The van der Waals surface area contributed by atoms with Gasteiger partial charge in [-0.15, -0.1) is 0 Å². The van der Waals surface area contributed by atoms with Crippen molar-refractivity contribution in [1.29, 1.82) is 0 Å². The molecule has 1 fully saturated rings. The Morgan fingerprint density at radius 3 is 2.77 bits per heavy atom. The van der Waals surface area contributed by atoms with Crippen LogP contribution in [0.15, 0.2) is 48.5 Å². The van der Waals surface area contributed by atoms with E-state index >= 15 is 0 Å². The Hall–Kier alpha value is -2.90. The molecule has 0 radical (unpaired) electrons. The van der Waals surface area contributed by atoms with Gasteiger partial charge in [-0.05, 0) is 37.6 Å². The number of hydrogen-bond donors (Lipinski definition) is 1. The third-order valence-electron chi connectivity index (χ3n) is 5.66. The summed E-state index contributed by atoms with van der Waals surface area (Å²) in [6.07, 6.45) is 0.487. The first-order valence-corrected chi connectivity index (χ1v) is 10.9. The quantitative estimate of drug-likeness (QED) is 0.661. The molecule has 2 aromatic rings. The summed E-state index contributed by atoms with van der Waals surface area (Å²) in [7, 11) is 0. The average molecular weight is 424 g/mol. The van der Waals surface area contributed by atoms with Crippen molar-refractivity contribution in [3.63, 3.8) is 0 Å². The van der Waals surface area contributed by atoms with Gasteiger partial charge >= 0.3 is 0 Å². The second kappa shape index (κ2) is 9.94. The highest BCUT2D eigenvalue weighted by molar-refractivity contribution is 5.99. The van der Waals surface area contributed by atoms with Gasteiger partial charge in [0.15, 0.2) is 0 Å². The van der Waals surface area contributed by atoms with E-state index in [1.165, 1.54) is 0 Å². The maximum Gasteiger partial charge on any atom is 0.256 e. The Bertz CT molecular complexity index is 927. The third-order valence-corrected chi connectivity index (χ3v) is 5.66. The van der Waals surface area contributed by atoms with E-state index in [1.807, 2.05) is 65.3 Å². The zero-order valence-corrected chi connectivity index (χ0v) is 17.9. The fourth-order valence-corrected chi connectivity index (χ4v) is 4.09. The van der Waals surface area contributed by atoms with Gasteiger partial charge in [-0.2, -0.15) is 0 Å². The average Bonchev–Trinajstić information content (AvgIpc) is 3.08. The van der Waals surface area contributed by atoms with Crippen LogP contribution >= 0.6 is 0 Å². The number of carbonyl (C=O) groups excluding carboxylic acids is 2. The smallest absolute Gasteiger partial charge is 0.256 e. The topological polar surface area (TPSA) is 71.1 Å². The normalized spacial score (nSPS) is 18.2. The van der Waals surface area contributed by atoms with Crippen molar-refractivity contribution in [3.8, 4) is 0 Å². The molecule has 4 rings (SSSR count). The van der Waals surface area contributed by atoms with E-state index in [0.29, 0.717) is 51.6 Å². The van der Waals surface area contributed by atoms with Crippen LogP contribution in [0.1, 0.15) is 45.8 Å². The van der Waals surface area contributed by atoms with Crippen LogP contribution in [0.3, 0.4) is 0 Å². The van der Waals surface area contributed by atoms with Crippen LogP contribution in [-0.2, 0) is 9.47 Å². The van der Waals surface area contributed by atoms with Crippen molar-refractivity contribution in [2.75, 3.05) is 51.4 Å². The Morgan fingerprint density at radius 2 is 1.97 bits per heavy atom. The van der Waals surface area contributed by atoms with Crippen molar-refractivity contribution < 1.29 is 19.1 Å². The molecule has 1 unspecified atom stereocenters. The van der Waals surface area contributed by atoms with E-state index in [-0.39, 0.29) is 18.0 Å². The number of carbonyl (C=O) groups is 2. The fourth-order valence-electron chi connectivity index (χ4n) is 4.09. The summed E-state index contributed by atoms with van der Waals surface area (Å²) in [6, 6.07) is 15.2. The molecule has 0 aliphatic carbocycles. The van der Waals surface area contributed by atoms with Gasteiger partial charge in [-0.25, -0.2) is 0 Å². The van der Waals surface area contributed by atoms with Gasteiger partial charge in [0.1, 0.15) is 6.17 Å². The van der Waals surface area contributed by atoms with E-state index in [2.05, 4.69) is 5.32 Å². The van der Waals surface area contributed by atoms with Crippen molar-refractivity contribution in [2.45, 2.75) is 19.5 Å². The molecule has 1 saturated heterocycles. The summed E-state index contributed by atoms with van der Waals surface area (Å²) in [4.78, 5) is 29.6. The van der Waals surface area contributed by atoms with Crippen molar-refractivity contribution in [3.05, 3.63) is 65.2 Å². The minimum Gasteiger partial charge on any atom is -0.382 e. The fraction of sp³-hybridized carbons (Fsp3) is 0.417. The van der Waals surface area contributed by atoms with Crippen LogP contribution in [0.4, 0.5) is 5.69 Å². The predicted octanol–water partition coefficient (Wildman–Crippen LogP) is 3.15. The molecule has 2 amide bonds. The molecular weight excluding hydrogens is 394 g/mol. The lowest BCUT2D eigenvalue weighted by molar-refractivity contribution is 0.0303. The maximum absolute atomic E-state index is 13.0. The molecular formula is C24H29N3O4. The Kier molecular flexibility index (Phi) is 6.84. The van der Waals surface area contributed by atoms with Crippen LogP contribution in [0, 0.1) is 0 Å². The summed E-state index contributed by atoms with van der Waals surface area (Å²) in [5.74, 6) is 0.0218. The van der Waals surface area contributed by atoms with Crippen LogP contribution in [0.2, 0.25) is 0 Å². The van der Waals surface area contributed by atoms with Gasteiger partial charge in [0.2, 0.25) is 0 Å². The molecule has 164 valence electrons. The van der Waals surface area contributed by atoms with E-state index in [1.54, 1.807) is 0 Å². The molecule has 31 heavy (non-hydrogen) atoms. The van der Waals surface area contributed by atoms with Gasteiger partial charge in [0.25, 0.3) is 11.8 Å². The molecule has 0 aromatic heterocycles. The first kappa shape index (κ1) is 21.3. The molecule has 7 nitrogen and oxygen atoms in total. The molecule has 2 heterocycles. The maximum atomic E-state index is 13.0. The zero-order valence-electron chi connectivity index (χ0n) is 17.9. The minimum atomic E-state index is -0.279. The Labute approximate surface area is 182 Å². The van der Waals surface area contributed by atoms with Crippen LogP contribution < -0.4 is 5.32 Å². The molecule has 1 atom stereocenters. The van der Waals surface area contributed by atoms with Gasteiger partial charge < -0.3 is 24.6 Å². The molecule has 0 saturated carbocycles. The van der Waals surface area contributed by atoms with Crippen molar-refractivity contribution in [1.82, 2.24) is 9.80 Å². The Balaban J connectivity index is 1.53. The highest BCUT2D eigenvalue weighted by atomic mass is 16.5. The molecule has 2 aliphatic heterocycles. The zero-order chi connectivity index (χ0) is 21.6. The lowest BCUT2D eigenvalue weighted by atomic mass is 10.1. The highest BCUT2D eigenvalue weighted by Crippen LogP contribution is 2.34. The van der Waals surface area contributed by atoms with Crippen LogP contribution in [-0.4, -0.2) is 67.7 Å². The third kappa shape index (κ3) is 4.73. The molecule has 0 spiro atoms. The summed E-state index contributed by atoms with van der Waals surface area (Å²) in [5.41, 5.74) is 3.11. The van der Waals surface area contributed by atoms with Crippen LogP contribution in [0.25, 0.3) is 0 Å². The Morgan fingerprint density at radius 1 is 1.16 bits per heavy atom. The second-order valence-corrected chi connectivity index (χ2v) is 7.67. The molecule has 1 N–H and O–H groups in total. The number of ether oxygens (including phenoxy) is 2. The summed E-state index contributed by atoms with van der Waals surface area (Å²) >= 11 is 0. The van der Waals surface area contributed by atoms with Gasteiger partial charge in [0.05, 0.1) is 13.2 Å². The van der Waals surface area contributed by atoms with Crippen molar-refractivity contribution in [2.24, 2.45) is 0 Å². The number of amides is 2. The summed E-state index contributed by atoms with van der Waals surface area (Å²) < 4.78 is 10.8. The number of rotatable bonds is 8. The number of hydrogen-bond acceptors (Lipinski definition) is 5. The van der Waals surface area contributed by atoms with Crippen molar-refractivity contribution >= 4 is 17.5 Å². The molecule has 2 aliphatic rings. The standard InChI is InChI=1S/C24H29N3O4/c1-2-30-14-6-11-27-22(20-9-3-4-10-21(20)24(27)29)25-19-8-5-7-18(17-19)23(28)26-12-15-31-16-13-26/h3-5,7-10,17,22,25H,2,6,11-16H2,1H3. The van der Waals surface area contributed by atoms with Gasteiger partial charge in [-0.3, -0.25) is 9.59 Å². The monoisotopic (exact) mass is 423 g/mol. The van der Waals surface area contributed by atoms with E-state index in [0.717, 1.165) is 23.2 Å². The lowest BCUT2D eigenvalue weighted by Gasteiger charge is -2.28. The molecule has 0 bridgehead atoms. The minimum absolute atomic E-state index is 0.00317. The highest BCUT2D eigenvalue weighted by Gasteiger charge is 2.36. The SMILES string of the molecule is CCOCCCN1C(=O)c2ccccc2C1Nc1cccc(C(=O)N2CCOCC2)c1. The number of nitrogens with zero attached hydrogens (tertiary/aromatic N) is 2. The van der Waals surface area contributed by atoms with Gasteiger partial charge in [-0.1, -0.05) is 24.3 Å². The summed E-state index contributed by atoms with van der Waals surface area (Å²) in [5, 5.41) is 3.49. The van der Waals surface area contributed by atoms with Gasteiger partial charge in [0, 0.05) is 55.2 Å².